The van der Waals surface area contributed by atoms with Gasteiger partial charge in [0.15, 0.2) is 15.8 Å². The third-order valence-corrected chi connectivity index (χ3v) is 5.47. The summed E-state index contributed by atoms with van der Waals surface area (Å²) in [5, 5.41) is 8.64. The summed E-state index contributed by atoms with van der Waals surface area (Å²) >= 11 is 6.62. The number of carboxylic acid groups (broad SMARTS) is 1. The van der Waals surface area contributed by atoms with Crippen LogP contribution in [0.2, 0.25) is 0 Å². The summed E-state index contributed by atoms with van der Waals surface area (Å²) in [4.78, 5) is 25.4. The summed E-state index contributed by atoms with van der Waals surface area (Å²) in [5.74, 6) is 0.669. The number of carbonyl (C=O) groups is 2. The topological polar surface area (TPSA) is 85.3 Å². The predicted octanol–water partition coefficient (Wildman–Crippen LogP) is 3.67. The van der Waals surface area contributed by atoms with Gasteiger partial charge in [0.2, 0.25) is 6.79 Å². The van der Waals surface area contributed by atoms with Crippen molar-refractivity contribution in [3.63, 3.8) is 0 Å². The van der Waals surface area contributed by atoms with Crippen LogP contribution in [-0.2, 0) is 9.59 Å². The lowest BCUT2D eigenvalue weighted by Crippen LogP contribution is -2.27. The Bertz CT molecular complexity index is 1020. The van der Waals surface area contributed by atoms with E-state index in [1.165, 1.54) is 16.7 Å². The molecule has 9 heteroatoms. The van der Waals surface area contributed by atoms with Gasteiger partial charge in [0.25, 0.3) is 5.91 Å². The summed E-state index contributed by atoms with van der Waals surface area (Å²) in [6, 6.07) is 12.3. The van der Waals surface area contributed by atoms with Crippen molar-refractivity contribution in [2.75, 3.05) is 18.3 Å². The van der Waals surface area contributed by atoms with E-state index >= 15 is 0 Å². The molecule has 0 atom stereocenters. The van der Waals surface area contributed by atoms with Crippen molar-refractivity contribution >= 4 is 51.9 Å². The van der Waals surface area contributed by atoms with Crippen molar-refractivity contribution in [3.8, 4) is 17.2 Å². The largest absolute Gasteiger partial charge is 0.493 e. The first-order chi connectivity index (χ1) is 14.0. The van der Waals surface area contributed by atoms with E-state index < -0.39 is 5.97 Å². The molecule has 0 aliphatic carbocycles. The van der Waals surface area contributed by atoms with E-state index in [4.69, 9.17) is 31.5 Å². The van der Waals surface area contributed by atoms with Crippen molar-refractivity contribution in [2.45, 2.75) is 6.42 Å². The number of amides is 1. The molecule has 0 spiro atoms. The molecule has 1 fully saturated rings. The second-order valence-corrected chi connectivity index (χ2v) is 7.79. The zero-order valence-corrected chi connectivity index (χ0v) is 16.6. The summed E-state index contributed by atoms with van der Waals surface area (Å²) in [5.41, 5.74) is 1.43. The molecule has 7 nitrogen and oxygen atoms in total. The Morgan fingerprint density at radius 2 is 1.97 bits per heavy atom. The zero-order valence-electron chi connectivity index (χ0n) is 15.0. The van der Waals surface area contributed by atoms with E-state index in [2.05, 4.69) is 0 Å². The molecule has 0 unspecified atom stereocenters. The molecule has 2 aromatic rings. The highest BCUT2D eigenvalue weighted by molar-refractivity contribution is 8.27. The van der Waals surface area contributed by atoms with Gasteiger partial charge < -0.3 is 19.3 Å². The van der Waals surface area contributed by atoms with Gasteiger partial charge in [-0.1, -0.05) is 36.1 Å². The third-order valence-electron chi connectivity index (χ3n) is 4.17. The van der Waals surface area contributed by atoms with E-state index in [1.807, 2.05) is 0 Å². The number of hydrogen-bond donors (Lipinski definition) is 1. The van der Waals surface area contributed by atoms with Gasteiger partial charge in [0.1, 0.15) is 5.75 Å². The fourth-order valence-corrected chi connectivity index (χ4v) is 4.08. The monoisotopic (exact) mass is 429 g/mol. The number of thiocarbonyl (C=S) groups is 1. The number of ether oxygens (including phenoxy) is 3. The Labute approximate surface area is 175 Å². The molecule has 0 aromatic heterocycles. The second kappa shape index (κ2) is 8.14. The first-order valence-electron chi connectivity index (χ1n) is 8.63. The van der Waals surface area contributed by atoms with E-state index in [-0.39, 0.29) is 25.7 Å². The van der Waals surface area contributed by atoms with Crippen molar-refractivity contribution in [3.05, 3.63) is 52.9 Å². The van der Waals surface area contributed by atoms with E-state index in [0.29, 0.717) is 32.2 Å². The smallest absolute Gasteiger partial charge is 0.306 e. The van der Waals surface area contributed by atoms with E-state index in [9.17, 15) is 9.59 Å². The van der Waals surface area contributed by atoms with Crippen LogP contribution in [0.5, 0.6) is 17.2 Å². The second-order valence-electron chi connectivity index (χ2n) is 6.12. The standard InChI is InChI=1S/C20H15NO6S2/c22-18(23)7-8-25-14-4-1-12(2-5-14)9-17-19(24)21(20(28)29-17)13-3-6-15-16(10-13)27-11-26-15/h1-6,9-10H,7-8,11H2,(H,22,23)/b17-9+. The molecule has 2 heterocycles. The molecule has 29 heavy (non-hydrogen) atoms. The highest BCUT2D eigenvalue weighted by Crippen LogP contribution is 2.40. The van der Waals surface area contributed by atoms with Gasteiger partial charge in [-0.15, -0.1) is 0 Å². The molecule has 0 radical (unpaired) electrons. The van der Waals surface area contributed by atoms with E-state index in [0.717, 1.165) is 5.56 Å². The number of carboxylic acids is 1. The first kappa shape index (κ1) is 19.3. The lowest BCUT2D eigenvalue weighted by molar-refractivity contribution is -0.137. The van der Waals surface area contributed by atoms with Crippen LogP contribution in [0.15, 0.2) is 47.4 Å². The number of anilines is 1. The Hall–Kier alpha value is -3.04. The molecule has 0 saturated carbocycles. The Morgan fingerprint density at radius 3 is 2.72 bits per heavy atom. The maximum Gasteiger partial charge on any atom is 0.306 e. The third kappa shape index (κ3) is 4.20. The van der Waals surface area contributed by atoms with E-state index in [1.54, 1.807) is 48.5 Å². The molecule has 2 aliphatic rings. The van der Waals surface area contributed by atoms with Crippen LogP contribution in [0.25, 0.3) is 6.08 Å². The predicted molar refractivity (Wildman–Crippen MR) is 112 cm³/mol. The van der Waals surface area contributed by atoms with Gasteiger partial charge in [0.05, 0.1) is 23.6 Å². The minimum absolute atomic E-state index is 0.0654. The van der Waals surface area contributed by atoms with Crippen molar-refractivity contribution in [1.82, 2.24) is 0 Å². The van der Waals surface area contributed by atoms with Crippen molar-refractivity contribution in [1.29, 1.82) is 0 Å². The van der Waals surface area contributed by atoms with Crippen LogP contribution in [-0.4, -0.2) is 34.7 Å². The molecule has 1 saturated heterocycles. The first-order valence-corrected chi connectivity index (χ1v) is 9.86. The highest BCUT2D eigenvalue weighted by atomic mass is 32.2. The van der Waals surface area contributed by atoms with Crippen molar-refractivity contribution in [2.24, 2.45) is 0 Å². The minimum atomic E-state index is -0.911. The van der Waals surface area contributed by atoms with Gasteiger partial charge in [-0.05, 0) is 35.9 Å². The number of benzene rings is 2. The van der Waals surface area contributed by atoms with Crippen LogP contribution in [0.3, 0.4) is 0 Å². The maximum atomic E-state index is 12.9. The maximum absolute atomic E-state index is 12.9. The fraction of sp³-hybridized carbons (Fsp3) is 0.150. The molecule has 1 amide bonds. The number of rotatable bonds is 6. The quantitative estimate of drug-likeness (QED) is 0.550. The minimum Gasteiger partial charge on any atom is -0.493 e. The zero-order chi connectivity index (χ0) is 20.4. The Balaban J connectivity index is 1.48. The number of aliphatic carboxylic acids is 1. The number of carbonyl (C=O) groups excluding carboxylic acids is 1. The van der Waals surface area contributed by atoms with Crippen LogP contribution in [0.4, 0.5) is 5.69 Å². The Morgan fingerprint density at radius 1 is 1.21 bits per heavy atom. The number of thioether (sulfide) groups is 1. The number of hydrogen-bond acceptors (Lipinski definition) is 7. The number of nitrogens with zero attached hydrogens (tertiary/aromatic N) is 1. The molecule has 148 valence electrons. The average molecular weight is 429 g/mol. The molecular weight excluding hydrogens is 414 g/mol. The summed E-state index contributed by atoms with van der Waals surface area (Å²) in [6.07, 6.45) is 1.69. The highest BCUT2D eigenvalue weighted by Gasteiger charge is 2.34. The number of fused-ring (bicyclic) bond motifs is 1. The Kier molecular flexibility index (Phi) is 5.41. The van der Waals surface area contributed by atoms with Gasteiger partial charge in [-0.2, -0.15) is 0 Å². The summed E-state index contributed by atoms with van der Waals surface area (Å²) in [7, 11) is 0. The fourth-order valence-electron chi connectivity index (χ4n) is 2.78. The van der Waals surface area contributed by atoms with Crippen LogP contribution in [0, 0.1) is 0 Å². The molecule has 2 aromatic carbocycles. The van der Waals surface area contributed by atoms with Gasteiger partial charge in [-0.25, -0.2) is 0 Å². The molecule has 1 N–H and O–H groups in total. The normalized spacial score (nSPS) is 16.6. The average Bonchev–Trinajstić information content (AvgIpc) is 3.26. The van der Waals surface area contributed by atoms with Gasteiger partial charge >= 0.3 is 5.97 Å². The lowest BCUT2D eigenvalue weighted by atomic mass is 10.2. The summed E-state index contributed by atoms with van der Waals surface area (Å²) in [6.45, 7) is 0.260. The van der Waals surface area contributed by atoms with Crippen molar-refractivity contribution < 1.29 is 28.9 Å². The van der Waals surface area contributed by atoms with Crippen LogP contribution < -0.4 is 19.1 Å². The molecular formula is C20H15NO6S2. The molecule has 0 bridgehead atoms. The van der Waals surface area contributed by atoms with Gasteiger partial charge in [-0.3, -0.25) is 14.5 Å². The van der Waals surface area contributed by atoms with Gasteiger partial charge in [0, 0.05) is 6.07 Å². The van der Waals surface area contributed by atoms with Crippen LogP contribution in [0.1, 0.15) is 12.0 Å². The summed E-state index contributed by atoms with van der Waals surface area (Å²) < 4.78 is 16.5. The molecule has 2 aliphatic heterocycles. The molecule has 4 rings (SSSR count). The van der Waals surface area contributed by atoms with Crippen LogP contribution >= 0.6 is 24.0 Å². The SMILES string of the molecule is O=C(O)CCOc1ccc(/C=C2/SC(=S)N(c3ccc4c(c3)OCO4)C2=O)cc1. The lowest BCUT2D eigenvalue weighted by Gasteiger charge is -2.14.